The lowest BCUT2D eigenvalue weighted by Gasteiger charge is -2.35. The molecule has 0 N–H and O–H groups in total. The number of rotatable bonds is 5. The van der Waals surface area contributed by atoms with E-state index in [2.05, 4.69) is 27.1 Å². The molecule has 0 saturated carbocycles. The largest absolute Gasteiger partial charge is 0.419 e. The van der Waals surface area contributed by atoms with Crippen LogP contribution in [0.25, 0.3) is 11.5 Å². The number of morpholine rings is 1. The summed E-state index contributed by atoms with van der Waals surface area (Å²) in [5.41, 5.74) is 0.937. The van der Waals surface area contributed by atoms with Crippen LogP contribution in [0.3, 0.4) is 0 Å². The minimum Gasteiger partial charge on any atom is -0.419 e. The van der Waals surface area contributed by atoms with Crippen LogP contribution < -0.4 is 0 Å². The Morgan fingerprint density at radius 3 is 2.88 bits per heavy atom. The second-order valence-electron chi connectivity index (χ2n) is 6.20. The van der Waals surface area contributed by atoms with Crippen LogP contribution in [0.4, 0.5) is 0 Å². The summed E-state index contributed by atoms with van der Waals surface area (Å²) in [6.07, 6.45) is 3.84. The standard InChI is InChI=1S/C18H21N5O2/c1-14(17-20-21-18(25-17)15-6-3-2-4-7-15)22-10-11-24-16(12-22)13-23-9-5-8-19-23/h2-9,14,16H,10-13H2,1H3. The van der Waals surface area contributed by atoms with Gasteiger partial charge in [-0.25, -0.2) is 0 Å². The predicted octanol–water partition coefficient (Wildman–Crippen LogP) is 2.40. The molecular weight excluding hydrogens is 318 g/mol. The van der Waals surface area contributed by atoms with Crippen LogP contribution in [-0.4, -0.2) is 50.7 Å². The molecule has 3 aromatic rings. The van der Waals surface area contributed by atoms with Crippen molar-refractivity contribution in [3.8, 4) is 11.5 Å². The molecule has 1 aliphatic rings. The molecular formula is C18H21N5O2. The Labute approximate surface area is 146 Å². The van der Waals surface area contributed by atoms with Crippen molar-refractivity contribution in [3.05, 3.63) is 54.7 Å². The lowest BCUT2D eigenvalue weighted by Crippen LogP contribution is -2.45. The van der Waals surface area contributed by atoms with Gasteiger partial charge in [-0.05, 0) is 25.1 Å². The van der Waals surface area contributed by atoms with E-state index in [9.17, 15) is 0 Å². The minimum absolute atomic E-state index is 0.0500. The fourth-order valence-electron chi connectivity index (χ4n) is 3.08. The van der Waals surface area contributed by atoms with E-state index in [1.54, 1.807) is 6.20 Å². The van der Waals surface area contributed by atoms with E-state index in [-0.39, 0.29) is 12.1 Å². The highest BCUT2D eigenvalue weighted by Gasteiger charge is 2.28. The SMILES string of the molecule is CC(c1nnc(-c2ccccc2)o1)N1CCOC(Cn2cccn2)C1. The quantitative estimate of drug-likeness (QED) is 0.711. The number of nitrogens with zero attached hydrogens (tertiary/aromatic N) is 5. The zero-order chi connectivity index (χ0) is 17.1. The molecule has 0 amide bonds. The lowest BCUT2D eigenvalue weighted by atomic mass is 10.2. The maximum Gasteiger partial charge on any atom is 0.247 e. The monoisotopic (exact) mass is 339 g/mol. The molecule has 7 nitrogen and oxygen atoms in total. The van der Waals surface area contributed by atoms with E-state index in [0.29, 0.717) is 18.4 Å². The molecule has 0 radical (unpaired) electrons. The molecule has 1 aliphatic heterocycles. The van der Waals surface area contributed by atoms with Gasteiger partial charge in [-0.15, -0.1) is 10.2 Å². The Kier molecular flexibility index (Phi) is 4.58. The summed E-state index contributed by atoms with van der Waals surface area (Å²) in [4.78, 5) is 2.32. The van der Waals surface area contributed by atoms with Crippen molar-refractivity contribution < 1.29 is 9.15 Å². The van der Waals surface area contributed by atoms with Crippen molar-refractivity contribution in [3.63, 3.8) is 0 Å². The lowest BCUT2D eigenvalue weighted by molar-refractivity contribution is -0.0526. The molecule has 2 unspecified atom stereocenters. The van der Waals surface area contributed by atoms with Crippen molar-refractivity contribution in [1.29, 1.82) is 0 Å². The molecule has 2 atom stereocenters. The smallest absolute Gasteiger partial charge is 0.247 e. The van der Waals surface area contributed by atoms with Gasteiger partial charge in [0.1, 0.15) is 0 Å². The second-order valence-corrected chi connectivity index (χ2v) is 6.20. The summed E-state index contributed by atoms with van der Waals surface area (Å²) < 4.78 is 13.7. The van der Waals surface area contributed by atoms with E-state index in [4.69, 9.17) is 9.15 Å². The molecule has 7 heteroatoms. The predicted molar refractivity (Wildman–Crippen MR) is 91.7 cm³/mol. The average Bonchev–Trinajstić information content (AvgIpc) is 3.34. The van der Waals surface area contributed by atoms with Gasteiger partial charge in [0.25, 0.3) is 0 Å². The van der Waals surface area contributed by atoms with Gasteiger partial charge in [0.15, 0.2) is 0 Å². The van der Waals surface area contributed by atoms with Crippen LogP contribution in [0.5, 0.6) is 0 Å². The Hall–Kier alpha value is -2.51. The van der Waals surface area contributed by atoms with Gasteiger partial charge >= 0.3 is 0 Å². The highest BCUT2D eigenvalue weighted by molar-refractivity contribution is 5.51. The van der Waals surface area contributed by atoms with Crippen molar-refractivity contribution in [2.45, 2.75) is 25.6 Å². The Balaban J connectivity index is 1.43. The molecule has 0 spiro atoms. The van der Waals surface area contributed by atoms with Crippen molar-refractivity contribution in [1.82, 2.24) is 24.9 Å². The number of benzene rings is 1. The van der Waals surface area contributed by atoms with Gasteiger partial charge in [-0.1, -0.05) is 18.2 Å². The van der Waals surface area contributed by atoms with Gasteiger partial charge in [-0.2, -0.15) is 5.10 Å². The number of ether oxygens (including phenoxy) is 1. The van der Waals surface area contributed by atoms with Gasteiger partial charge in [-0.3, -0.25) is 9.58 Å². The third-order valence-electron chi connectivity index (χ3n) is 4.49. The fourth-order valence-corrected chi connectivity index (χ4v) is 3.08. The van der Waals surface area contributed by atoms with Gasteiger partial charge in [0, 0.05) is 31.0 Å². The van der Waals surface area contributed by atoms with Gasteiger partial charge < -0.3 is 9.15 Å². The number of hydrogen-bond acceptors (Lipinski definition) is 6. The van der Waals surface area contributed by atoms with Crippen LogP contribution in [-0.2, 0) is 11.3 Å². The van der Waals surface area contributed by atoms with Crippen LogP contribution in [0.1, 0.15) is 18.9 Å². The molecule has 25 heavy (non-hydrogen) atoms. The van der Waals surface area contributed by atoms with E-state index in [0.717, 1.165) is 25.2 Å². The zero-order valence-electron chi connectivity index (χ0n) is 14.2. The van der Waals surface area contributed by atoms with Crippen LogP contribution in [0.2, 0.25) is 0 Å². The van der Waals surface area contributed by atoms with E-state index >= 15 is 0 Å². The molecule has 1 fully saturated rings. The highest BCUT2D eigenvalue weighted by atomic mass is 16.5. The molecule has 3 heterocycles. The molecule has 0 aliphatic carbocycles. The molecule has 2 aromatic heterocycles. The summed E-state index contributed by atoms with van der Waals surface area (Å²) in [6.45, 7) is 5.19. The van der Waals surface area contributed by atoms with Crippen molar-refractivity contribution >= 4 is 0 Å². The summed E-state index contributed by atoms with van der Waals surface area (Å²) >= 11 is 0. The zero-order valence-corrected chi connectivity index (χ0v) is 14.2. The Morgan fingerprint density at radius 2 is 2.08 bits per heavy atom. The maximum absolute atomic E-state index is 5.90. The first-order valence-corrected chi connectivity index (χ1v) is 8.51. The van der Waals surface area contributed by atoms with E-state index in [1.165, 1.54) is 0 Å². The van der Waals surface area contributed by atoms with Gasteiger partial charge in [0.05, 0.1) is 25.3 Å². The average molecular weight is 339 g/mol. The maximum atomic E-state index is 5.90. The third kappa shape index (κ3) is 3.62. The molecule has 1 aromatic carbocycles. The van der Waals surface area contributed by atoms with Crippen LogP contribution in [0.15, 0.2) is 53.2 Å². The van der Waals surface area contributed by atoms with E-state index < -0.39 is 0 Å². The first-order valence-electron chi connectivity index (χ1n) is 8.51. The van der Waals surface area contributed by atoms with Gasteiger partial charge in [0.2, 0.25) is 11.8 Å². The topological polar surface area (TPSA) is 69.2 Å². The summed E-state index contributed by atoms with van der Waals surface area (Å²) in [7, 11) is 0. The summed E-state index contributed by atoms with van der Waals surface area (Å²) in [5.74, 6) is 1.20. The molecule has 4 rings (SSSR count). The molecule has 0 bridgehead atoms. The summed E-state index contributed by atoms with van der Waals surface area (Å²) in [6, 6.07) is 11.8. The fraction of sp³-hybridized carbons (Fsp3) is 0.389. The Bertz CT molecular complexity index is 787. The normalized spacial score (nSPS) is 19.8. The van der Waals surface area contributed by atoms with Crippen molar-refractivity contribution in [2.24, 2.45) is 0 Å². The van der Waals surface area contributed by atoms with E-state index in [1.807, 2.05) is 47.3 Å². The molecule has 1 saturated heterocycles. The first kappa shape index (κ1) is 16.0. The third-order valence-corrected chi connectivity index (χ3v) is 4.49. The second kappa shape index (κ2) is 7.16. The number of hydrogen-bond donors (Lipinski definition) is 0. The summed E-state index contributed by atoms with van der Waals surface area (Å²) in [5, 5.41) is 12.7. The highest BCUT2D eigenvalue weighted by Crippen LogP contribution is 2.25. The first-order chi connectivity index (χ1) is 12.3. The van der Waals surface area contributed by atoms with Crippen molar-refractivity contribution in [2.75, 3.05) is 19.7 Å². The minimum atomic E-state index is 0.0500. The molecule has 130 valence electrons. The Morgan fingerprint density at radius 1 is 1.20 bits per heavy atom. The van der Waals surface area contributed by atoms with Crippen LogP contribution in [0, 0.1) is 0 Å². The number of aromatic nitrogens is 4. The van der Waals surface area contributed by atoms with Crippen LogP contribution >= 0.6 is 0 Å².